The fourth-order valence-corrected chi connectivity index (χ4v) is 2.80. The summed E-state index contributed by atoms with van der Waals surface area (Å²) in [4.78, 5) is 12.4. The number of aryl methyl sites for hydroxylation is 1. The van der Waals surface area contributed by atoms with Crippen LogP contribution in [0.2, 0.25) is 0 Å². The zero-order chi connectivity index (χ0) is 16.6. The van der Waals surface area contributed by atoms with Crippen LogP contribution >= 0.6 is 0 Å². The lowest BCUT2D eigenvalue weighted by atomic mass is 9.90. The third-order valence-electron chi connectivity index (χ3n) is 3.96. The minimum Gasteiger partial charge on any atom is -0.326 e. The van der Waals surface area contributed by atoms with Crippen LogP contribution in [0.3, 0.4) is 0 Å². The van der Waals surface area contributed by atoms with E-state index in [4.69, 9.17) is 0 Å². The molecular formula is C15H15F3N4O. The Balaban J connectivity index is 1.77. The Hall–Kier alpha value is -2.35. The number of carbonyl (C=O) groups excluding carboxylic acids is 1. The molecule has 1 aromatic heterocycles. The number of aromatic nitrogens is 2. The van der Waals surface area contributed by atoms with Gasteiger partial charge in [0.25, 0.3) is 0 Å². The molecule has 5 nitrogen and oxygen atoms in total. The van der Waals surface area contributed by atoms with Gasteiger partial charge in [0, 0.05) is 50.1 Å². The largest absolute Gasteiger partial charge is 0.326 e. The van der Waals surface area contributed by atoms with Crippen LogP contribution in [-0.4, -0.2) is 28.8 Å². The second-order valence-corrected chi connectivity index (χ2v) is 5.56. The fraction of sp³-hybridized carbons (Fsp3) is 0.333. The van der Waals surface area contributed by atoms with Gasteiger partial charge in [-0.25, -0.2) is 13.2 Å². The molecular weight excluding hydrogens is 309 g/mol. The highest BCUT2D eigenvalue weighted by molar-refractivity contribution is 5.93. The van der Waals surface area contributed by atoms with Gasteiger partial charge in [0.15, 0.2) is 17.5 Å². The van der Waals surface area contributed by atoms with Gasteiger partial charge in [0.1, 0.15) is 0 Å². The monoisotopic (exact) mass is 324 g/mol. The van der Waals surface area contributed by atoms with Gasteiger partial charge in [-0.3, -0.25) is 9.48 Å². The van der Waals surface area contributed by atoms with Crippen molar-refractivity contribution < 1.29 is 18.0 Å². The SMILES string of the molecule is Cn1cc([C@H]2CNC[C@@H]2C(=O)Nc2cc(F)c(F)c(F)c2)cn1. The Kier molecular flexibility index (Phi) is 4.08. The number of halogens is 3. The van der Waals surface area contributed by atoms with Crippen molar-refractivity contribution >= 4 is 11.6 Å². The first-order valence-corrected chi connectivity index (χ1v) is 7.10. The topological polar surface area (TPSA) is 59.0 Å². The van der Waals surface area contributed by atoms with Crippen LogP contribution in [-0.2, 0) is 11.8 Å². The molecule has 0 unspecified atom stereocenters. The number of benzene rings is 1. The molecule has 3 rings (SSSR count). The van der Waals surface area contributed by atoms with Crippen molar-refractivity contribution in [3.63, 3.8) is 0 Å². The lowest BCUT2D eigenvalue weighted by molar-refractivity contribution is -0.119. The van der Waals surface area contributed by atoms with Crippen molar-refractivity contribution in [2.24, 2.45) is 13.0 Å². The van der Waals surface area contributed by atoms with Gasteiger partial charge in [0.2, 0.25) is 5.91 Å². The summed E-state index contributed by atoms with van der Waals surface area (Å²) in [6.45, 7) is 1.05. The van der Waals surface area contributed by atoms with E-state index in [0.717, 1.165) is 17.7 Å². The number of anilines is 1. The van der Waals surface area contributed by atoms with Crippen LogP contribution in [0, 0.1) is 23.4 Å². The van der Waals surface area contributed by atoms with Gasteiger partial charge in [-0.05, 0) is 5.56 Å². The van der Waals surface area contributed by atoms with Gasteiger partial charge in [-0.2, -0.15) is 5.10 Å². The van der Waals surface area contributed by atoms with E-state index in [2.05, 4.69) is 15.7 Å². The summed E-state index contributed by atoms with van der Waals surface area (Å²) in [5.41, 5.74) is 0.803. The maximum absolute atomic E-state index is 13.2. The summed E-state index contributed by atoms with van der Waals surface area (Å²) < 4.78 is 41.0. The fourth-order valence-electron chi connectivity index (χ4n) is 2.80. The lowest BCUT2D eigenvalue weighted by Gasteiger charge is -2.17. The van der Waals surface area contributed by atoms with E-state index >= 15 is 0 Å². The molecule has 23 heavy (non-hydrogen) atoms. The molecule has 1 fully saturated rings. The number of nitrogens with zero attached hydrogens (tertiary/aromatic N) is 2. The zero-order valence-corrected chi connectivity index (χ0v) is 12.3. The van der Waals surface area contributed by atoms with Gasteiger partial charge in [-0.15, -0.1) is 0 Å². The summed E-state index contributed by atoms with van der Waals surface area (Å²) >= 11 is 0. The highest BCUT2D eigenvalue weighted by atomic mass is 19.2. The highest BCUT2D eigenvalue weighted by Gasteiger charge is 2.34. The van der Waals surface area contributed by atoms with Gasteiger partial charge in [-0.1, -0.05) is 0 Å². The van der Waals surface area contributed by atoms with Crippen molar-refractivity contribution in [1.82, 2.24) is 15.1 Å². The third kappa shape index (κ3) is 3.07. The van der Waals surface area contributed by atoms with Crippen LogP contribution in [0.5, 0.6) is 0 Å². The van der Waals surface area contributed by atoms with Crippen LogP contribution in [0.1, 0.15) is 11.5 Å². The van der Waals surface area contributed by atoms with Crippen LogP contribution in [0.25, 0.3) is 0 Å². The van der Waals surface area contributed by atoms with E-state index in [0.29, 0.717) is 13.1 Å². The van der Waals surface area contributed by atoms with Crippen molar-refractivity contribution in [2.75, 3.05) is 18.4 Å². The smallest absolute Gasteiger partial charge is 0.229 e. The van der Waals surface area contributed by atoms with Gasteiger partial charge >= 0.3 is 0 Å². The maximum Gasteiger partial charge on any atom is 0.229 e. The molecule has 0 saturated carbocycles. The second kappa shape index (κ2) is 6.04. The number of hydrogen-bond acceptors (Lipinski definition) is 3. The average Bonchev–Trinajstić information content (AvgIpc) is 3.12. The molecule has 1 amide bonds. The first-order chi connectivity index (χ1) is 11.0. The summed E-state index contributed by atoms with van der Waals surface area (Å²) in [6, 6.07) is 1.52. The van der Waals surface area contributed by atoms with E-state index < -0.39 is 23.4 Å². The minimum absolute atomic E-state index is 0.0844. The number of rotatable bonds is 3. The summed E-state index contributed by atoms with van der Waals surface area (Å²) in [6.07, 6.45) is 3.52. The van der Waals surface area contributed by atoms with Crippen LogP contribution in [0.4, 0.5) is 18.9 Å². The summed E-state index contributed by atoms with van der Waals surface area (Å²) in [7, 11) is 1.78. The highest BCUT2D eigenvalue weighted by Crippen LogP contribution is 2.29. The molecule has 2 atom stereocenters. The molecule has 1 aromatic carbocycles. The van der Waals surface area contributed by atoms with E-state index in [-0.39, 0.29) is 17.5 Å². The Bertz CT molecular complexity index is 723. The maximum atomic E-state index is 13.2. The molecule has 0 aliphatic carbocycles. The molecule has 1 aliphatic rings. The van der Waals surface area contributed by atoms with Crippen molar-refractivity contribution in [2.45, 2.75) is 5.92 Å². The average molecular weight is 324 g/mol. The summed E-state index contributed by atoms with van der Waals surface area (Å²) in [5, 5.41) is 9.66. The molecule has 0 radical (unpaired) electrons. The third-order valence-corrected chi connectivity index (χ3v) is 3.96. The number of carbonyl (C=O) groups is 1. The molecule has 0 spiro atoms. The molecule has 122 valence electrons. The number of nitrogens with one attached hydrogen (secondary N) is 2. The predicted molar refractivity (Wildman–Crippen MR) is 77.3 cm³/mol. The Morgan fingerprint density at radius 2 is 2.00 bits per heavy atom. The van der Waals surface area contributed by atoms with Crippen molar-refractivity contribution in [1.29, 1.82) is 0 Å². The Morgan fingerprint density at radius 3 is 2.61 bits per heavy atom. The standard InChI is InChI=1S/C15H15F3N4O/c1-22-7-8(4-20-22)10-5-19-6-11(10)15(23)21-9-2-12(16)14(18)13(17)3-9/h2-4,7,10-11,19H,5-6H2,1H3,(H,21,23)/t10-,11+/m1/s1. The molecule has 1 aliphatic heterocycles. The summed E-state index contributed by atoms with van der Waals surface area (Å²) in [5.74, 6) is -5.11. The molecule has 2 heterocycles. The molecule has 2 N–H and O–H groups in total. The number of hydrogen-bond donors (Lipinski definition) is 2. The molecule has 2 aromatic rings. The van der Waals surface area contributed by atoms with E-state index in [9.17, 15) is 18.0 Å². The normalized spacial score (nSPS) is 20.7. The predicted octanol–water partition coefficient (Wildman–Crippen LogP) is 1.78. The second-order valence-electron chi connectivity index (χ2n) is 5.56. The zero-order valence-electron chi connectivity index (χ0n) is 12.3. The number of amides is 1. The first kappa shape index (κ1) is 15.5. The molecule has 8 heteroatoms. The minimum atomic E-state index is -1.56. The quantitative estimate of drug-likeness (QED) is 0.846. The van der Waals surface area contributed by atoms with Crippen molar-refractivity contribution in [3.8, 4) is 0 Å². The van der Waals surface area contributed by atoms with Gasteiger partial charge < -0.3 is 10.6 Å². The Morgan fingerprint density at radius 1 is 1.30 bits per heavy atom. The first-order valence-electron chi connectivity index (χ1n) is 7.10. The molecule has 1 saturated heterocycles. The molecule has 0 bridgehead atoms. The lowest BCUT2D eigenvalue weighted by Crippen LogP contribution is -2.28. The van der Waals surface area contributed by atoms with Gasteiger partial charge in [0.05, 0.1) is 12.1 Å². The van der Waals surface area contributed by atoms with E-state index in [1.807, 2.05) is 6.20 Å². The van der Waals surface area contributed by atoms with Crippen LogP contribution in [0.15, 0.2) is 24.5 Å². The van der Waals surface area contributed by atoms with Crippen LogP contribution < -0.4 is 10.6 Å². The van der Waals surface area contributed by atoms with E-state index in [1.54, 1.807) is 17.9 Å². The van der Waals surface area contributed by atoms with Crippen molar-refractivity contribution in [3.05, 3.63) is 47.5 Å². The van der Waals surface area contributed by atoms with E-state index in [1.165, 1.54) is 0 Å². The Labute approximate surface area is 130 Å².